The van der Waals surface area contributed by atoms with Crippen LogP contribution in [0, 0.1) is 11.3 Å². The van der Waals surface area contributed by atoms with Gasteiger partial charge in [0.15, 0.2) is 0 Å². The first-order valence-electron chi connectivity index (χ1n) is 11.1. The number of carboxylic acid groups (broad SMARTS) is 1. The van der Waals surface area contributed by atoms with Crippen LogP contribution in [0.5, 0.6) is 0 Å². The van der Waals surface area contributed by atoms with Crippen molar-refractivity contribution in [2.75, 3.05) is 0 Å². The molecule has 3 rings (SSSR count). The fraction of sp³-hybridized carbons (Fsp3) is 0.250. The number of nitrogens with one attached hydrogen (secondary N) is 1. The van der Waals surface area contributed by atoms with Crippen LogP contribution in [0.2, 0.25) is 0 Å². The van der Waals surface area contributed by atoms with E-state index in [2.05, 4.69) is 11.4 Å². The van der Waals surface area contributed by atoms with Gasteiger partial charge < -0.3 is 19.9 Å². The molecular formula is C28H28N2O5. The maximum Gasteiger partial charge on any atom is 0.407 e. The first kappa shape index (κ1) is 25.5. The number of rotatable bonds is 8. The quantitative estimate of drug-likeness (QED) is 0.438. The maximum absolute atomic E-state index is 11.9. The molecular weight excluding hydrogens is 444 g/mol. The number of benzene rings is 3. The minimum Gasteiger partial charge on any atom is -0.478 e. The second-order valence-electron chi connectivity index (χ2n) is 9.08. The van der Waals surface area contributed by atoms with Gasteiger partial charge in [0.2, 0.25) is 0 Å². The van der Waals surface area contributed by atoms with Crippen LogP contribution in [0.1, 0.15) is 53.4 Å². The van der Waals surface area contributed by atoms with E-state index in [-0.39, 0.29) is 12.2 Å². The number of hydrogen-bond acceptors (Lipinski definition) is 5. The van der Waals surface area contributed by atoms with Gasteiger partial charge in [0.05, 0.1) is 30.4 Å². The third kappa shape index (κ3) is 7.98. The monoisotopic (exact) mass is 472 g/mol. The van der Waals surface area contributed by atoms with Gasteiger partial charge >= 0.3 is 12.1 Å². The van der Waals surface area contributed by atoms with Crippen LogP contribution in [0.15, 0.2) is 66.7 Å². The van der Waals surface area contributed by atoms with Crippen LogP contribution in [0.4, 0.5) is 4.79 Å². The van der Waals surface area contributed by atoms with E-state index in [0.717, 1.165) is 16.7 Å². The van der Waals surface area contributed by atoms with Crippen molar-refractivity contribution in [1.29, 1.82) is 5.26 Å². The number of ether oxygens (including phenoxy) is 2. The number of carboxylic acids is 1. The summed E-state index contributed by atoms with van der Waals surface area (Å²) in [6.07, 6.45) is -0.478. The van der Waals surface area contributed by atoms with Crippen LogP contribution >= 0.6 is 0 Å². The Morgan fingerprint density at radius 2 is 1.63 bits per heavy atom. The largest absolute Gasteiger partial charge is 0.478 e. The van der Waals surface area contributed by atoms with Crippen molar-refractivity contribution in [3.8, 4) is 17.2 Å². The molecule has 7 nitrogen and oxygen atoms in total. The second-order valence-corrected chi connectivity index (χ2v) is 9.08. The molecule has 0 atom stereocenters. The molecule has 2 N–H and O–H groups in total. The number of carbonyl (C=O) groups excluding carboxylic acids is 1. The van der Waals surface area contributed by atoms with Gasteiger partial charge in [0, 0.05) is 6.54 Å². The van der Waals surface area contributed by atoms with Crippen LogP contribution in [0.3, 0.4) is 0 Å². The third-order valence-electron chi connectivity index (χ3n) is 4.93. The zero-order chi connectivity index (χ0) is 25.4. The Kier molecular flexibility index (Phi) is 8.24. The molecule has 180 valence electrons. The molecule has 7 heteroatoms. The van der Waals surface area contributed by atoms with Crippen molar-refractivity contribution in [3.63, 3.8) is 0 Å². The first-order valence-corrected chi connectivity index (χ1v) is 11.1. The van der Waals surface area contributed by atoms with E-state index in [1.54, 1.807) is 30.3 Å². The Morgan fingerprint density at radius 3 is 2.34 bits per heavy atom. The summed E-state index contributed by atoms with van der Waals surface area (Å²) < 4.78 is 11.1. The first-order chi connectivity index (χ1) is 16.6. The van der Waals surface area contributed by atoms with E-state index in [1.165, 1.54) is 0 Å². The number of nitriles is 1. The Hall–Kier alpha value is -4.15. The molecule has 3 aromatic rings. The molecule has 0 saturated heterocycles. The summed E-state index contributed by atoms with van der Waals surface area (Å²) in [6.45, 7) is 6.28. The van der Waals surface area contributed by atoms with Crippen LogP contribution in [0.25, 0.3) is 11.1 Å². The molecule has 0 bridgehead atoms. The van der Waals surface area contributed by atoms with Gasteiger partial charge in [-0.3, -0.25) is 0 Å². The molecule has 0 saturated carbocycles. The zero-order valence-corrected chi connectivity index (χ0v) is 20.0. The maximum atomic E-state index is 11.9. The SMILES string of the molecule is CC(C)(C)OC(=O)NCc1cccc(COCc2cc(C(=O)O)cc(-c3cccc(C#N)c3)c2)c1. The van der Waals surface area contributed by atoms with Crippen LogP contribution in [-0.2, 0) is 29.2 Å². The van der Waals surface area contributed by atoms with E-state index >= 15 is 0 Å². The standard InChI is InChI=1S/C28H28N2O5/c1-28(2,3)35-27(33)30-16-20-7-4-8-21(10-20)17-34-18-22-12-24(14-25(13-22)26(31)32)23-9-5-6-19(11-23)15-29/h4-14H,16-18H2,1-3H3,(H,30,33)(H,31,32). The number of alkyl carbamates (subject to hydrolysis) is 1. The summed E-state index contributed by atoms with van der Waals surface area (Å²) in [6, 6.07) is 21.8. The molecule has 0 aliphatic rings. The molecule has 0 radical (unpaired) electrons. The summed E-state index contributed by atoms with van der Waals surface area (Å²) in [5, 5.41) is 21.4. The molecule has 0 fully saturated rings. The lowest BCUT2D eigenvalue weighted by atomic mass is 9.98. The lowest BCUT2D eigenvalue weighted by Crippen LogP contribution is -2.32. The van der Waals surface area contributed by atoms with Crippen molar-refractivity contribution in [2.45, 2.75) is 46.1 Å². The predicted molar refractivity (Wildman–Crippen MR) is 132 cm³/mol. The summed E-state index contributed by atoms with van der Waals surface area (Å²) in [4.78, 5) is 23.5. The van der Waals surface area contributed by atoms with Crippen molar-refractivity contribution < 1.29 is 24.2 Å². The molecule has 0 unspecified atom stereocenters. The molecule has 35 heavy (non-hydrogen) atoms. The van der Waals surface area contributed by atoms with Gasteiger partial charge in [0.1, 0.15) is 5.60 Å². The summed E-state index contributed by atoms with van der Waals surface area (Å²) >= 11 is 0. The fourth-order valence-corrected chi connectivity index (χ4v) is 3.44. The Bertz CT molecular complexity index is 1250. The Balaban J connectivity index is 1.65. The molecule has 0 aromatic heterocycles. The van der Waals surface area contributed by atoms with Crippen LogP contribution < -0.4 is 5.32 Å². The topological polar surface area (TPSA) is 109 Å². The molecule has 0 heterocycles. The third-order valence-corrected chi connectivity index (χ3v) is 4.93. The number of nitrogens with zero attached hydrogens (tertiary/aromatic N) is 1. The highest BCUT2D eigenvalue weighted by atomic mass is 16.6. The average molecular weight is 473 g/mol. The van der Waals surface area contributed by atoms with E-state index in [0.29, 0.717) is 29.8 Å². The van der Waals surface area contributed by atoms with Crippen molar-refractivity contribution in [2.24, 2.45) is 0 Å². The second kappa shape index (κ2) is 11.3. The smallest absolute Gasteiger partial charge is 0.407 e. The minimum atomic E-state index is -1.03. The van der Waals surface area contributed by atoms with Crippen molar-refractivity contribution in [3.05, 3.63) is 94.5 Å². The fourth-order valence-electron chi connectivity index (χ4n) is 3.44. The van der Waals surface area contributed by atoms with Gasteiger partial charge in [0.25, 0.3) is 0 Å². The van der Waals surface area contributed by atoms with Gasteiger partial charge in [-0.25, -0.2) is 9.59 Å². The van der Waals surface area contributed by atoms with E-state index < -0.39 is 17.7 Å². The van der Waals surface area contributed by atoms with E-state index in [4.69, 9.17) is 14.7 Å². The predicted octanol–water partition coefficient (Wildman–Crippen LogP) is 5.66. The summed E-state index contributed by atoms with van der Waals surface area (Å²) in [7, 11) is 0. The molecule has 0 aliphatic carbocycles. The van der Waals surface area contributed by atoms with E-state index in [9.17, 15) is 14.7 Å². The highest BCUT2D eigenvalue weighted by Gasteiger charge is 2.15. The van der Waals surface area contributed by atoms with Crippen molar-refractivity contribution in [1.82, 2.24) is 5.32 Å². The van der Waals surface area contributed by atoms with Crippen LogP contribution in [-0.4, -0.2) is 22.8 Å². The lowest BCUT2D eigenvalue weighted by Gasteiger charge is -2.19. The minimum absolute atomic E-state index is 0.152. The summed E-state index contributed by atoms with van der Waals surface area (Å²) in [5.74, 6) is -1.03. The highest BCUT2D eigenvalue weighted by Crippen LogP contribution is 2.24. The highest BCUT2D eigenvalue weighted by molar-refractivity contribution is 5.90. The Labute approximate surface area is 204 Å². The average Bonchev–Trinajstić information content (AvgIpc) is 2.82. The number of carbonyl (C=O) groups is 2. The molecule has 3 aromatic carbocycles. The number of hydrogen-bond donors (Lipinski definition) is 2. The van der Waals surface area contributed by atoms with Gasteiger partial charge in [-0.2, -0.15) is 5.26 Å². The number of amides is 1. The number of aromatic carboxylic acids is 1. The molecule has 1 amide bonds. The van der Waals surface area contributed by atoms with Gasteiger partial charge in [-0.15, -0.1) is 0 Å². The summed E-state index contributed by atoms with van der Waals surface area (Å²) in [5.41, 5.74) is 4.10. The van der Waals surface area contributed by atoms with Gasteiger partial charge in [-0.05, 0) is 78.9 Å². The zero-order valence-electron chi connectivity index (χ0n) is 20.0. The lowest BCUT2D eigenvalue weighted by molar-refractivity contribution is 0.0523. The van der Waals surface area contributed by atoms with Crippen molar-refractivity contribution >= 4 is 12.1 Å². The van der Waals surface area contributed by atoms with E-state index in [1.807, 2.05) is 57.2 Å². The van der Waals surface area contributed by atoms with Gasteiger partial charge in [-0.1, -0.05) is 36.4 Å². The molecule has 0 spiro atoms. The Morgan fingerprint density at radius 1 is 0.914 bits per heavy atom. The normalized spacial score (nSPS) is 10.9. The molecule has 0 aliphatic heterocycles.